The Labute approximate surface area is 187 Å². The van der Waals surface area contributed by atoms with Gasteiger partial charge in [0.25, 0.3) is 5.91 Å². The van der Waals surface area contributed by atoms with Gasteiger partial charge in [-0.3, -0.25) is 9.59 Å². The smallest absolute Gasteiger partial charge is 0.262 e. The van der Waals surface area contributed by atoms with E-state index in [4.69, 9.17) is 27.8 Å². The summed E-state index contributed by atoms with van der Waals surface area (Å²) in [5.41, 5.74) is 13.6. The Balaban J connectivity index is 1.62. The van der Waals surface area contributed by atoms with Gasteiger partial charge in [-0.15, -0.1) is 11.3 Å². The van der Waals surface area contributed by atoms with Crippen molar-refractivity contribution < 1.29 is 14.3 Å². The van der Waals surface area contributed by atoms with Crippen LogP contribution in [0.1, 0.15) is 49.2 Å². The Morgan fingerprint density at radius 1 is 1.19 bits per heavy atom. The number of amides is 2. The van der Waals surface area contributed by atoms with Crippen LogP contribution in [-0.4, -0.2) is 21.2 Å². The molecule has 0 bridgehead atoms. The first-order valence-electron chi connectivity index (χ1n) is 9.43. The molecule has 3 heterocycles. The predicted octanol–water partition coefficient (Wildman–Crippen LogP) is 3.98. The number of aromatic nitrogens is 2. The summed E-state index contributed by atoms with van der Waals surface area (Å²) < 4.78 is 7.92. The SMILES string of the molecule is CC(Oc1cc(Cc2cnc3cc(C(N)=O)ccn23)sc1C(N)=O)c1ccccc1Cl. The molecule has 4 rings (SSSR count). The maximum atomic E-state index is 12.0. The Bertz CT molecular complexity index is 1300. The number of rotatable bonds is 7. The van der Waals surface area contributed by atoms with Crippen molar-refractivity contribution in [3.05, 3.63) is 86.5 Å². The Morgan fingerprint density at radius 2 is 1.97 bits per heavy atom. The van der Waals surface area contributed by atoms with Crippen molar-refractivity contribution >= 4 is 40.4 Å². The van der Waals surface area contributed by atoms with E-state index in [0.29, 0.717) is 33.3 Å². The zero-order chi connectivity index (χ0) is 22.1. The number of nitrogens with zero attached hydrogens (tertiary/aromatic N) is 2. The molecule has 0 aliphatic rings. The Hall–Kier alpha value is -3.36. The molecule has 0 saturated carbocycles. The largest absolute Gasteiger partial charge is 0.484 e. The van der Waals surface area contributed by atoms with Gasteiger partial charge in [0.15, 0.2) is 0 Å². The van der Waals surface area contributed by atoms with Gasteiger partial charge in [-0.2, -0.15) is 0 Å². The fourth-order valence-corrected chi connectivity index (χ4v) is 4.57. The van der Waals surface area contributed by atoms with Crippen molar-refractivity contribution in [2.75, 3.05) is 0 Å². The number of nitrogens with two attached hydrogens (primary N) is 2. The highest BCUT2D eigenvalue weighted by molar-refractivity contribution is 7.14. The predicted molar refractivity (Wildman–Crippen MR) is 120 cm³/mol. The zero-order valence-electron chi connectivity index (χ0n) is 16.5. The Morgan fingerprint density at radius 3 is 2.68 bits per heavy atom. The second kappa shape index (κ2) is 8.41. The molecule has 0 aliphatic heterocycles. The molecule has 1 unspecified atom stereocenters. The molecular formula is C22H19ClN4O3S. The number of primary amides is 2. The van der Waals surface area contributed by atoms with Crippen LogP contribution in [0, 0.1) is 0 Å². The monoisotopic (exact) mass is 454 g/mol. The van der Waals surface area contributed by atoms with Crippen LogP contribution in [0.25, 0.3) is 5.65 Å². The first-order valence-corrected chi connectivity index (χ1v) is 10.6. The van der Waals surface area contributed by atoms with Crippen molar-refractivity contribution in [3.8, 4) is 5.75 Å². The number of carbonyl (C=O) groups is 2. The second-order valence-electron chi connectivity index (χ2n) is 6.99. The van der Waals surface area contributed by atoms with Gasteiger partial charge >= 0.3 is 0 Å². The lowest BCUT2D eigenvalue weighted by Gasteiger charge is -2.16. The number of imidazole rings is 1. The third-order valence-electron chi connectivity index (χ3n) is 4.85. The topological polar surface area (TPSA) is 113 Å². The molecule has 0 spiro atoms. The number of fused-ring (bicyclic) bond motifs is 1. The number of hydrogen-bond donors (Lipinski definition) is 2. The first-order chi connectivity index (χ1) is 14.8. The van der Waals surface area contributed by atoms with Crippen molar-refractivity contribution in [1.29, 1.82) is 0 Å². The number of carbonyl (C=O) groups excluding carboxylic acids is 2. The van der Waals surface area contributed by atoms with Crippen LogP contribution in [0.4, 0.5) is 0 Å². The number of benzene rings is 1. The Kier molecular flexibility index (Phi) is 5.67. The molecule has 7 nitrogen and oxygen atoms in total. The fourth-order valence-electron chi connectivity index (χ4n) is 3.32. The lowest BCUT2D eigenvalue weighted by molar-refractivity contribution is 0.0990. The highest BCUT2D eigenvalue weighted by atomic mass is 35.5. The molecule has 0 aliphatic carbocycles. The highest BCUT2D eigenvalue weighted by Gasteiger charge is 2.20. The second-order valence-corrected chi connectivity index (χ2v) is 8.53. The van der Waals surface area contributed by atoms with E-state index in [1.807, 2.05) is 35.6 Å². The van der Waals surface area contributed by atoms with Gasteiger partial charge in [-0.1, -0.05) is 29.8 Å². The minimum atomic E-state index is -0.554. The van der Waals surface area contributed by atoms with Gasteiger partial charge in [0.05, 0.1) is 0 Å². The molecule has 0 saturated heterocycles. The zero-order valence-corrected chi connectivity index (χ0v) is 18.1. The van der Waals surface area contributed by atoms with Crippen molar-refractivity contribution in [2.45, 2.75) is 19.4 Å². The summed E-state index contributed by atoms with van der Waals surface area (Å²) in [5, 5.41) is 0.590. The molecule has 0 radical (unpaired) electrons. The first kappa shape index (κ1) is 20.9. The fraction of sp³-hybridized carbons (Fsp3) is 0.136. The number of hydrogen-bond acceptors (Lipinski definition) is 5. The van der Waals surface area contributed by atoms with E-state index < -0.39 is 11.8 Å². The minimum absolute atomic E-state index is 0.346. The van der Waals surface area contributed by atoms with Crippen LogP contribution in [0.2, 0.25) is 5.02 Å². The van der Waals surface area contributed by atoms with Gasteiger partial charge in [0, 0.05) is 45.5 Å². The molecule has 9 heteroatoms. The lowest BCUT2D eigenvalue weighted by atomic mass is 10.1. The molecule has 1 atom stereocenters. The standard InChI is InChI=1S/C22H19ClN4O3S/c1-12(16-4-2-3-5-17(16)23)30-18-10-15(31-20(18)22(25)29)9-14-11-26-19-8-13(21(24)28)6-7-27(14)19/h2-8,10-12H,9H2,1H3,(H2,24,28)(H2,25,29). The molecule has 158 valence electrons. The molecule has 1 aromatic carbocycles. The third-order valence-corrected chi connectivity index (χ3v) is 6.32. The van der Waals surface area contributed by atoms with Gasteiger partial charge < -0.3 is 20.6 Å². The summed E-state index contributed by atoms with van der Waals surface area (Å²) >= 11 is 7.54. The van der Waals surface area contributed by atoms with Crippen LogP contribution in [0.3, 0.4) is 0 Å². The third kappa shape index (κ3) is 4.26. The summed E-state index contributed by atoms with van der Waals surface area (Å²) in [6.45, 7) is 1.87. The molecule has 0 fully saturated rings. The normalized spacial score (nSPS) is 12.1. The van der Waals surface area contributed by atoms with E-state index in [1.165, 1.54) is 11.3 Å². The number of pyridine rings is 1. The summed E-state index contributed by atoms with van der Waals surface area (Å²) in [6, 6.07) is 12.5. The van der Waals surface area contributed by atoms with E-state index in [-0.39, 0.29) is 6.10 Å². The van der Waals surface area contributed by atoms with E-state index in [9.17, 15) is 9.59 Å². The summed E-state index contributed by atoms with van der Waals surface area (Å²) in [5.74, 6) is -0.641. The number of thiophene rings is 1. The van der Waals surface area contributed by atoms with Crippen molar-refractivity contribution in [2.24, 2.45) is 11.5 Å². The van der Waals surface area contributed by atoms with Gasteiger partial charge in [0.2, 0.25) is 5.91 Å². The van der Waals surface area contributed by atoms with Crippen LogP contribution in [-0.2, 0) is 6.42 Å². The quantitative estimate of drug-likeness (QED) is 0.439. The molecular weight excluding hydrogens is 436 g/mol. The highest BCUT2D eigenvalue weighted by Crippen LogP contribution is 2.35. The van der Waals surface area contributed by atoms with E-state index in [2.05, 4.69) is 4.98 Å². The van der Waals surface area contributed by atoms with E-state index >= 15 is 0 Å². The summed E-state index contributed by atoms with van der Waals surface area (Å²) in [6.07, 6.45) is 3.61. The average Bonchev–Trinajstić information content (AvgIpc) is 3.32. The van der Waals surface area contributed by atoms with Gasteiger partial charge in [-0.25, -0.2) is 4.98 Å². The lowest BCUT2D eigenvalue weighted by Crippen LogP contribution is -2.12. The number of halogens is 1. The molecule has 3 aromatic heterocycles. The maximum Gasteiger partial charge on any atom is 0.262 e. The van der Waals surface area contributed by atoms with Crippen LogP contribution < -0.4 is 16.2 Å². The summed E-state index contributed by atoms with van der Waals surface area (Å²) in [7, 11) is 0. The molecule has 31 heavy (non-hydrogen) atoms. The van der Waals surface area contributed by atoms with Gasteiger partial charge in [0.1, 0.15) is 22.4 Å². The number of ether oxygens (including phenoxy) is 1. The van der Waals surface area contributed by atoms with E-state index in [0.717, 1.165) is 16.1 Å². The van der Waals surface area contributed by atoms with Crippen LogP contribution in [0.15, 0.2) is 54.9 Å². The van der Waals surface area contributed by atoms with Gasteiger partial charge in [-0.05, 0) is 31.2 Å². The molecule has 4 N–H and O–H groups in total. The van der Waals surface area contributed by atoms with E-state index in [1.54, 1.807) is 30.6 Å². The molecule has 2 amide bonds. The summed E-state index contributed by atoms with van der Waals surface area (Å²) in [4.78, 5) is 29.0. The molecule has 4 aromatic rings. The van der Waals surface area contributed by atoms with Crippen LogP contribution >= 0.6 is 22.9 Å². The van der Waals surface area contributed by atoms with Crippen molar-refractivity contribution in [1.82, 2.24) is 9.38 Å². The van der Waals surface area contributed by atoms with Crippen LogP contribution in [0.5, 0.6) is 5.75 Å². The van der Waals surface area contributed by atoms with Crippen molar-refractivity contribution in [3.63, 3.8) is 0 Å². The average molecular weight is 455 g/mol. The minimum Gasteiger partial charge on any atom is -0.484 e. The maximum absolute atomic E-state index is 12.0.